The summed E-state index contributed by atoms with van der Waals surface area (Å²) in [5.41, 5.74) is 1.50. The summed E-state index contributed by atoms with van der Waals surface area (Å²) in [7, 11) is 0. The number of hydrogen-bond acceptors (Lipinski definition) is 5. The number of halogens is 1. The number of ether oxygens (including phenoxy) is 1. The third-order valence-electron chi connectivity index (χ3n) is 2.03. The van der Waals surface area contributed by atoms with E-state index in [4.69, 9.17) is 4.74 Å². The van der Waals surface area contributed by atoms with Gasteiger partial charge in [-0.2, -0.15) is 4.98 Å². The van der Waals surface area contributed by atoms with Gasteiger partial charge in [-0.15, -0.1) is 4.48 Å². The Morgan fingerprint density at radius 2 is 2.21 bits per heavy atom. The van der Waals surface area contributed by atoms with Crippen molar-refractivity contribution in [2.45, 2.75) is 0 Å². The van der Waals surface area contributed by atoms with E-state index in [1.165, 1.54) is 17.8 Å². The molecule has 1 aliphatic heterocycles. The lowest BCUT2D eigenvalue weighted by molar-refractivity contribution is 0.122. The van der Waals surface area contributed by atoms with Gasteiger partial charge in [-0.05, 0) is 0 Å². The largest absolute Gasteiger partial charge is 0.378 e. The molecule has 6 heteroatoms. The van der Waals surface area contributed by atoms with Gasteiger partial charge in [0.15, 0.2) is 5.82 Å². The fourth-order valence-corrected chi connectivity index (χ4v) is 1.32. The molecule has 1 aromatic heterocycles. The molecular formula is C8H11FN4O. The molecule has 2 heterocycles. The van der Waals surface area contributed by atoms with Gasteiger partial charge in [0, 0.05) is 25.4 Å². The number of aromatic nitrogens is 2. The Bertz CT molecular complexity index is 303. The van der Waals surface area contributed by atoms with E-state index in [0.717, 1.165) is 13.1 Å². The van der Waals surface area contributed by atoms with E-state index < -0.39 is 0 Å². The van der Waals surface area contributed by atoms with Crippen molar-refractivity contribution in [2.75, 3.05) is 36.7 Å². The summed E-state index contributed by atoms with van der Waals surface area (Å²) < 4.78 is 17.3. The van der Waals surface area contributed by atoms with E-state index in [2.05, 4.69) is 9.97 Å². The molecule has 76 valence electrons. The molecule has 0 aliphatic carbocycles. The third kappa shape index (κ3) is 1.90. The van der Waals surface area contributed by atoms with Crippen LogP contribution in [-0.4, -0.2) is 36.3 Å². The van der Waals surface area contributed by atoms with Crippen molar-refractivity contribution in [1.82, 2.24) is 9.97 Å². The molecule has 1 fully saturated rings. The second-order valence-electron chi connectivity index (χ2n) is 2.94. The Hall–Kier alpha value is -1.43. The zero-order valence-corrected chi connectivity index (χ0v) is 7.61. The number of morpholine rings is 1. The predicted molar refractivity (Wildman–Crippen MR) is 49.8 cm³/mol. The SMILES string of the molecule is FNc1ccnc(N2CCOCC2)n1. The Morgan fingerprint density at radius 1 is 1.43 bits per heavy atom. The maximum absolute atomic E-state index is 12.1. The van der Waals surface area contributed by atoms with Gasteiger partial charge in [0.25, 0.3) is 0 Å². The smallest absolute Gasteiger partial charge is 0.227 e. The van der Waals surface area contributed by atoms with Crippen molar-refractivity contribution in [2.24, 2.45) is 0 Å². The highest BCUT2D eigenvalue weighted by atomic mass is 19.2. The van der Waals surface area contributed by atoms with E-state index in [0.29, 0.717) is 19.2 Å². The highest BCUT2D eigenvalue weighted by Gasteiger charge is 2.13. The molecule has 0 unspecified atom stereocenters. The lowest BCUT2D eigenvalue weighted by Gasteiger charge is -2.26. The molecular weight excluding hydrogens is 187 g/mol. The minimum Gasteiger partial charge on any atom is -0.378 e. The highest BCUT2D eigenvalue weighted by Crippen LogP contribution is 2.11. The number of nitrogens with one attached hydrogen (secondary N) is 1. The first-order valence-electron chi connectivity index (χ1n) is 4.42. The molecule has 0 bridgehead atoms. The monoisotopic (exact) mass is 198 g/mol. The maximum Gasteiger partial charge on any atom is 0.227 e. The second-order valence-corrected chi connectivity index (χ2v) is 2.94. The van der Waals surface area contributed by atoms with Crippen molar-refractivity contribution < 1.29 is 9.22 Å². The Labute approximate surface area is 80.8 Å². The van der Waals surface area contributed by atoms with Gasteiger partial charge in [-0.1, -0.05) is 0 Å². The molecule has 1 aromatic rings. The number of hydrogen-bond donors (Lipinski definition) is 1. The van der Waals surface area contributed by atoms with Gasteiger partial charge in [-0.3, -0.25) is 0 Å². The van der Waals surface area contributed by atoms with Crippen LogP contribution >= 0.6 is 0 Å². The number of anilines is 2. The van der Waals surface area contributed by atoms with E-state index >= 15 is 0 Å². The lowest BCUT2D eigenvalue weighted by Crippen LogP contribution is -2.37. The van der Waals surface area contributed by atoms with Crippen LogP contribution in [0.25, 0.3) is 0 Å². The van der Waals surface area contributed by atoms with Crippen LogP contribution < -0.4 is 10.4 Å². The van der Waals surface area contributed by atoms with Crippen LogP contribution in [0.1, 0.15) is 0 Å². The topological polar surface area (TPSA) is 50.3 Å². The molecule has 1 N–H and O–H groups in total. The maximum atomic E-state index is 12.1. The van der Waals surface area contributed by atoms with Gasteiger partial charge in [0.2, 0.25) is 5.95 Å². The minimum absolute atomic E-state index is 0.182. The molecule has 5 nitrogen and oxygen atoms in total. The Morgan fingerprint density at radius 3 is 2.93 bits per heavy atom. The molecule has 1 aliphatic rings. The highest BCUT2D eigenvalue weighted by molar-refractivity contribution is 5.39. The fraction of sp³-hybridized carbons (Fsp3) is 0.500. The summed E-state index contributed by atoms with van der Waals surface area (Å²) in [6, 6.07) is 1.48. The van der Waals surface area contributed by atoms with E-state index in [-0.39, 0.29) is 5.82 Å². The predicted octanol–water partition coefficient (Wildman–Crippen LogP) is 0.610. The van der Waals surface area contributed by atoms with E-state index in [9.17, 15) is 4.48 Å². The standard InChI is InChI=1S/C8H11FN4O/c9-12-7-1-2-10-8(11-7)13-3-5-14-6-4-13/h1-2H,3-6H2,(H,10,11,12). The van der Waals surface area contributed by atoms with Crippen LogP contribution in [0.2, 0.25) is 0 Å². The zero-order valence-electron chi connectivity index (χ0n) is 7.61. The second kappa shape index (κ2) is 4.19. The van der Waals surface area contributed by atoms with Crippen molar-refractivity contribution in [3.8, 4) is 0 Å². The van der Waals surface area contributed by atoms with Gasteiger partial charge in [0.05, 0.1) is 13.2 Å². The van der Waals surface area contributed by atoms with Crippen molar-refractivity contribution >= 4 is 11.8 Å². The summed E-state index contributed by atoms with van der Waals surface area (Å²) in [5, 5.41) is 0. The summed E-state index contributed by atoms with van der Waals surface area (Å²) >= 11 is 0. The van der Waals surface area contributed by atoms with Crippen LogP contribution in [0.3, 0.4) is 0 Å². The van der Waals surface area contributed by atoms with E-state index in [1.54, 1.807) is 0 Å². The zero-order chi connectivity index (χ0) is 9.80. The molecule has 1 saturated heterocycles. The average Bonchev–Trinajstić information content (AvgIpc) is 2.30. The van der Waals surface area contributed by atoms with Crippen LogP contribution in [0.5, 0.6) is 0 Å². The molecule has 2 rings (SSSR count). The van der Waals surface area contributed by atoms with Crippen molar-refractivity contribution in [1.29, 1.82) is 0 Å². The Kier molecular flexibility index (Phi) is 2.73. The average molecular weight is 198 g/mol. The summed E-state index contributed by atoms with van der Waals surface area (Å²) in [5.74, 6) is 0.720. The first-order valence-corrected chi connectivity index (χ1v) is 4.42. The van der Waals surface area contributed by atoms with Crippen LogP contribution in [-0.2, 0) is 4.74 Å². The lowest BCUT2D eigenvalue weighted by atomic mass is 10.4. The number of nitrogens with zero attached hydrogens (tertiary/aromatic N) is 3. The van der Waals surface area contributed by atoms with Crippen molar-refractivity contribution in [3.63, 3.8) is 0 Å². The molecule has 0 spiro atoms. The van der Waals surface area contributed by atoms with Crippen LogP contribution in [0, 0.1) is 0 Å². The quantitative estimate of drug-likeness (QED) is 0.705. The fourth-order valence-electron chi connectivity index (χ4n) is 1.32. The summed E-state index contributed by atoms with van der Waals surface area (Å²) in [6.45, 7) is 2.82. The minimum atomic E-state index is 0.182. The molecule has 0 saturated carbocycles. The first kappa shape index (κ1) is 9.14. The van der Waals surface area contributed by atoms with E-state index in [1.807, 2.05) is 4.90 Å². The van der Waals surface area contributed by atoms with Gasteiger partial charge >= 0.3 is 0 Å². The molecule has 0 atom stereocenters. The normalized spacial score (nSPS) is 16.8. The molecule has 0 amide bonds. The summed E-state index contributed by atoms with van der Waals surface area (Å²) in [4.78, 5) is 10.0. The Balaban J connectivity index is 2.13. The third-order valence-corrected chi connectivity index (χ3v) is 2.03. The van der Waals surface area contributed by atoms with Crippen LogP contribution in [0.4, 0.5) is 16.2 Å². The molecule has 0 radical (unpaired) electrons. The molecule has 0 aromatic carbocycles. The number of rotatable bonds is 2. The molecule has 14 heavy (non-hydrogen) atoms. The van der Waals surface area contributed by atoms with Gasteiger partial charge in [-0.25, -0.2) is 10.5 Å². The summed E-state index contributed by atoms with van der Waals surface area (Å²) in [6.07, 6.45) is 1.53. The van der Waals surface area contributed by atoms with Gasteiger partial charge in [0.1, 0.15) is 0 Å². The van der Waals surface area contributed by atoms with Crippen LogP contribution in [0.15, 0.2) is 12.3 Å². The van der Waals surface area contributed by atoms with Crippen molar-refractivity contribution in [3.05, 3.63) is 12.3 Å². The van der Waals surface area contributed by atoms with Gasteiger partial charge < -0.3 is 9.64 Å². The first-order chi connectivity index (χ1) is 6.90.